The van der Waals surface area contributed by atoms with Crippen molar-refractivity contribution < 1.29 is 8.78 Å². The molecule has 6 rings (SSSR count). The Bertz CT molecular complexity index is 1630. The van der Waals surface area contributed by atoms with Gasteiger partial charge in [0.2, 0.25) is 0 Å². The molecule has 9 nitrogen and oxygen atoms in total. The fraction of sp³-hybridized carbons (Fsp3) is 0.360. The highest BCUT2D eigenvalue weighted by molar-refractivity contribution is 5.91. The van der Waals surface area contributed by atoms with Crippen molar-refractivity contribution >= 4 is 28.2 Å². The van der Waals surface area contributed by atoms with Crippen LogP contribution in [0.2, 0.25) is 0 Å². The van der Waals surface area contributed by atoms with Crippen LogP contribution in [0.4, 0.5) is 20.4 Å². The van der Waals surface area contributed by atoms with Gasteiger partial charge in [0.05, 0.1) is 47.9 Å². The van der Waals surface area contributed by atoms with Gasteiger partial charge in [-0.2, -0.15) is 19.8 Å². The number of hydrogen-bond acceptors (Lipinski definition) is 6. The lowest BCUT2D eigenvalue weighted by Crippen LogP contribution is -2.56. The van der Waals surface area contributed by atoms with E-state index in [0.717, 1.165) is 44.8 Å². The molecular formula is C25H27F2N9. The van der Waals surface area contributed by atoms with Gasteiger partial charge in [0, 0.05) is 31.1 Å². The first kappa shape index (κ1) is 22.4. The lowest BCUT2D eigenvalue weighted by molar-refractivity contribution is -0.0266. The molecule has 5 aromatic rings. The van der Waals surface area contributed by atoms with Crippen molar-refractivity contribution in [2.75, 3.05) is 23.3 Å². The van der Waals surface area contributed by atoms with Crippen LogP contribution in [0, 0.1) is 20.8 Å². The number of anilines is 2. The van der Waals surface area contributed by atoms with E-state index in [4.69, 9.17) is 10.1 Å². The first-order valence-corrected chi connectivity index (χ1v) is 11.8. The van der Waals surface area contributed by atoms with Crippen LogP contribution in [0.15, 0.2) is 30.3 Å². The molecule has 0 spiro atoms. The minimum atomic E-state index is -2.70. The average molecular weight is 492 g/mol. The summed E-state index contributed by atoms with van der Waals surface area (Å²) in [7, 11) is 3.82. The second-order valence-corrected chi connectivity index (χ2v) is 9.60. The van der Waals surface area contributed by atoms with Crippen LogP contribution < -0.4 is 10.2 Å². The zero-order valence-electron chi connectivity index (χ0n) is 20.8. The van der Waals surface area contributed by atoms with Gasteiger partial charge in [0.25, 0.3) is 5.92 Å². The van der Waals surface area contributed by atoms with Crippen LogP contribution in [0.3, 0.4) is 0 Å². The molecular weight excluding hydrogens is 464 g/mol. The van der Waals surface area contributed by atoms with Crippen LogP contribution in [0.25, 0.3) is 27.7 Å². The fourth-order valence-corrected chi connectivity index (χ4v) is 5.02. The molecule has 1 fully saturated rings. The molecule has 1 saturated heterocycles. The standard InChI is InChI=1S/C25H27F2N9/c1-14-8-18(33(4)30-14)11-28-21-10-22(35-12-25(26,27)13-35)29-24-23(16(3)32-36(21)24)17-6-7-20-19(9-17)15(2)31-34(20)5/h6-10,28H,11-13H2,1-5H3. The molecule has 4 aromatic heterocycles. The van der Waals surface area contributed by atoms with E-state index in [9.17, 15) is 8.78 Å². The number of alkyl halides is 2. The number of halogens is 2. The highest BCUT2D eigenvalue weighted by Crippen LogP contribution is 2.36. The van der Waals surface area contributed by atoms with Crippen LogP contribution >= 0.6 is 0 Å². The smallest absolute Gasteiger partial charge is 0.282 e. The second-order valence-electron chi connectivity index (χ2n) is 9.60. The van der Waals surface area contributed by atoms with E-state index < -0.39 is 5.92 Å². The maximum Gasteiger partial charge on any atom is 0.282 e. The van der Waals surface area contributed by atoms with E-state index in [1.54, 1.807) is 15.5 Å². The molecule has 0 bridgehead atoms. The maximum absolute atomic E-state index is 13.7. The number of nitrogens with one attached hydrogen (secondary N) is 1. The third-order valence-corrected chi connectivity index (χ3v) is 6.79. The van der Waals surface area contributed by atoms with Crippen molar-refractivity contribution in [1.82, 2.24) is 34.2 Å². The predicted molar refractivity (Wildman–Crippen MR) is 135 cm³/mol. The van der Waals surface area contributed by atoms with Crippen molar-refractivity contribution in [3.63, 3.8) is 0 Å². The summed E-state index contributed by atoms with van der Waals surface area (Å²) in [6, 6.07) is 9.96. The Morgan fingerprint density at radius 2 is 1.72 bits per heavy atom. The van der Waals surface area contributed by atoms with Crippen molar-refractivity contribution in [3.05, 3.63) is 53.1 Å². The number of rotatable bonds is 5. The van der Waals surface area contributed by atoms with Gasteiger partial charge in [0.15, 0.2) is 5.65 Å². The summed E-state index contributed by atoms with van der Waals surface area (Å²) in [6.45, 7) is 5.68. The van der Waals surface area contributed by atoms with E-state index in [2.05, 4.69) is 21.6 Å². The van der Waals surface area contributed by atoms with Gasteiger partial charge in [-0.25, -0.2) is 13.8 Å². The summed E-state index contributed by atoms with van der Waals surface area (Å²) in [5.41, 5.74) is 7.14. The number of hydrogen-bond donors (Lipinski definition) is 1. The van der Waals surface area contributed by atoms with Crippen LogP contribution in [-0.4, -0.2) is 53.2 Å². The van der Waals surface area contributed by atoms with Gasteiger partial charge in [0.1, 0.15) is 11.6 Å². The van der Waals surface area contributed by atoms with Crippen molar-refractivity contribution in [1.29, 1.82) is 0 Å². The molecule has 1 N–H and O–H groups in total. The van der Waals surface area contributed by atoms with Gasteiger partial charge in [-0.15, -0.1) is 0 Å². The number of aromatic nitrogens is 7. The van der Waals surface area contributed by atoms with Gasteiger partial charge in [-0.1, -0.05) is 6.07 Å². The molecule has 1 aliphatic rings. The third kappa shape index (κ3) is 3.57. The Balaban J connectivity index is 1.48. The molecule has 0 unspecified atom stereocenters. The van der Waals surface area contributed by atoms with Crippen LogP contribution in [0.1, 0.15) is 22.8 Å². The maximum atomic E-state index is 13.7. The molecule has 186 valence electrons. The molecule has 36 heavy (non-hydrogen) atoms. The zero-order valence-corrected chi connectivity index (χ0v) is 20.8. The SMILES string of the molecule is Cc1cc(CNc2cc(N3CC(F)(F)C3)nc3c(-c4ccc5c(c4)c(C)nn5C)c(C)nn23)n(C)n1. The zero-order chi connectivity index (χ0) is 25.4. The molecule has 0 aliphatic carbocycles. The summed E-state index contributed by atoms with van der Waals surface area (Å²) in [6.07, 6.45) is 0. The Hall–Kier alpha value is -4.02. The normalized spacial score (nSPS) is 15.1. The molecule has 0 amide bonds. The Morgan fingerprint density at radius 3 is 2.42 bits per heavy atom. The molecule has 5 heterocycles. The van der Waals surface area contributed by atoms with Crippen molar-refractivity contribution in [3.8, 4) is 11.1 Å². The van der Waals surface area contributed by atoms with Crippen LogP contribution in [0.5, 0.6) is 0 Å². The van der Waals surface area contributed by atoms with E-state index in [1.807, 2.05) is 62.4 Å². The van der Waals surface area contributed by atoms with E-state index in [-0.39, 0.29) is 13.1 Å². The molecule has 1 aliphatic heterocycles. The Kier molecular flexibility index (Phi) is 4.83. The fourth-order valence-electron chi connectivity index (χ4n) is 5.02. The largest absolute Gasteiger partial charge is 0.364 e. The van der Waals surface area contributed by atoms with Gasteiger partial charge in [-0.3, -0.25) is 9.36 Å². The minimum absolute atomic E-state index is 0.347. The summed E-state index contributed by atoms with van der Waals surface area (Å²) < 4.78 is 32.9. The topological polar surface area (TPSA) is 81.1 Å². The highest BCUT2D eigenvalue weighted by atomic mass is 19.3. The summed E-state index contributed by atoms with van der Waals surface area (Å²) >= 11 is 0. The Labute approximate surface area is 206 Å². The average Bonchev–Trinajstić information content (AvgIpc) is 3.41. The predicted octanol–water partition coefficient (Wildman–Crippen LogP) is 4.01. The molecule has 1 aromatic carbocycles. The van der Waals surface area contributed by atoms with Crippen LogP contribution in [-0.2, 0) is 20.6 Å². The number of benzene rings is 1. The van der Waals surface area contributed by atoms with Gasteiger partial charge in [-0.05, 0) is 44.5 Å². The van der Waals surface area contributed by atoms with E-state index >= 15 is 0 Å². The quantitative estimate of drug-likeness (QED) is 0.400. The Morgan fingerprint density at radius 1 is 0.944 bits per heavy atom. The van der Waals surface area contributed by atoms with Crippen molar-refractivity contribution in [2.45, 2.75) is 33.2 Å². The third-order valence-electron chi connectivity index (χ3n) is 6.79. The van der Waals surface area contributed by atoms with E-state index in [1.165, 1.54) is 0 Å². The van der Waals surface area contributed by atoms with E-state index in [0.29, 0.717) is 23.8 Å². The monoisotopic (exact) mass is 491 g/mol. The number of aryl methyl sites for hydroxylation is 5. The van der Waals surface area contributed by atoms with Crippen molar-refractivity contribution in [2.24, 2.45) is 14.1 Å². The summed E-state index contributed by atoms with van der Waals surface area (Å²) in [5, 5.41) is 18.2. The number of fused-ring (bicyclic) bond motifs is 2. The minimum Gasteiger partial charge on any atom is -0.364 e. The lowest BCUT2D eigenvalue weighted by atomic mass is 10.0. The first-order valence-electron chi connectivity index (χ1n) is 11.8. The number of nitrogens with zero attached hydrogens (tertiary/aromatic N) is 8. The lowest BCUT2D eigenvalue weighted by Gasteiger charge is -2.39. The second kappa shape index (κ2) is 7.74. The molecule has 0 radical (unpaired) electrons. The van der Waals surface area contributed by atoms with Gasteiger partial charge < -0.3 is 10.2 Å². The molecule has 0 saturated carbocycles. The first-order chi connectivity index (χ1) is 17.1. The van der Waals surface area contributed by atoms with Gasteiger partial charge >= 0.3 is 0 Å². The molecule has 11 heteroatoms. The highest BCUT2D eigenvalue weighted by Gasteiger charge is 2.44. The molecule has 0 atom stereocenters. The summed E-state index contributed by atoms with van der Waals surface area (Å²) in [5.74, 6) is -1.52. The summed E-state index contributed by atoms with van der Waals surface area (Å²) in [4.78, 5) is 6.42.